The highest BCUT2D eigenvalue weighted by molar-refractivity contribution is 5.85. The second-order valence-electron chi connectivity index (χ2n) is 6.51. The van der Waals surface area contributed by atoms with Gasteiger partial charge in [-0.05, 0) is 49.9 Å². The summed E-state index contributed by atoms with van der Waals surface area (Å²) in [4.78, 5) is 14.2. The Hall–Kier alpha value is -1.26. The van der Waals surface area contributed by atoms with Gasteiger partial charge in [-0.15, -0.1) is 12.4 Å². The topological polar surface area (TPSA) is 41.6 Å². The Balaban J connectivity index is 0.00000625. The quantitative estimate of drug-likeness (QED) is 0.481. The molecule has 1 N–H and O–H groups in total. The summed E-state index contributed by atoms with van der Waals surface area (Å²) >= 11 is 0. The number of halogens is 1. The van der Waals surface area contributed by atoms with Gasteiger partial charge in [0, 0.05) is 13.1 Å². The highest BCUT2D eigenvalue weighted by atomic mass is 35.5. The van der Waals surface area contributed by atoms with Gasteiger partial charge in [-0.1, -0.05) is 45.7 Å². The Morgan fingerprint density at radius 3 is 2.46 bits per heavy atom. The van der Waals surface area contributed by atoms with Crippen LogP contribution < -0.4 is 10.1 Å². The van der Waals surface area contributed by atoms with Crippen LogP contribution in [0.5, 0.6) is 5.75 Å². The molecule has 0 heterocycles. The van der Waals surface area contributed by atoms with Gasteiger partial charge in [-0.25, -0.2) is 0 Å². The third kappa shape index (κ3) is 10.7. The summed E-state index contributed by atoms with van der Waals surface area (Å²) in [6.45, 7) is 10.1. The van der Waals surface area contributed by atoms with Crippen LogP contribution in [-0.4, -0.2) is 43.6 Å². The number of rotatable bonds is 14. The number of nitrogens with one attached hydrogen (secondary N) is 1. The van der Waals surface area contributed by atoms with Crippen molar-refractivity contribution in [2.45, 2.75) is 59.3 Å². The number of carbonyl (C=O) groups excluding carboxylic acids is 1. The molecule has 26 heavy (non-hydrogen) atoms. The van der Waals surface area contributed by atoms with E-state index in [0.29, 0.717) is 6.54 Å². The van der Waals surface area contributed by atoms with E-state index in [-0.39, 0.29) is 18.3 Å². The number of amides is 1. The Bertz CT molecular complexity index is 477. The van der Waals surface area contributed by atoms with Crippen molar-refractivity contribution >= 4 is 18.3 Å². The smallest absolute Gasteiger partial charge is 0.236 e. The van der Waals surface area contributed by atoms with Gasteiger partial charge in [0.25, 0.3) is 0 Å². The molecule has 5 heteroatoms. The number of nitrogens with zero attached hydrogens (tertiary/aromatic N) is 1. The first-order valence-corrected chi connectivity index (χ1v) is 9.91. The van der Waals surface area contributed by atoms with E-state index in [1.165, 1.54) is 18.4 Å². The van der Waals surface area contributed by atoms with Gasteiger partial charge in [0.15, 0.2) is 0 Å². The predicted octanol–water partition coefficient (Wildman–Crippen LogP) is 4.46. The lowest BCUT2D eigenvalue weighted by Crippen LogP contribution is -2.39. The van der Waals surface area contributed by atoms with Crippen molar-refractivity contribution < 1.29 is 9.53 Å². The maximum atomic E-state index is 12.2. The van der Waals surface area contributed by atoms with Crippen LogP contribution in [-0.2, 0) is 11.2 Å². The summed E-state index contributed by atoms with van der Waals surface area (Å²) in [5.74, 6) is 1.15. The van der Waals surface area contributed by atoms with Crippen LogP contribution in [0, 0.1) is 0 Å². The Kier molecular flexibility index (Phi) is 15.2. The average Bonchev–Trinajstić information content (AvgIpc) is 2.62. The van der Waals surface area contributed by atoms with E-state index >= 15 is 0 Å². The van der Waals surface area contributed by atoms with Crippen molar-refractivity contribution in [1.29, 1.82) is 0 Å². The molecule has 0 aromatic heterocycles. The number of benzene rings is 1. The fraction of sp³-hybridized carbons (Fsp3) is 0.667. The van der Waals surface area contributed by atoms with Crippen molar-refractivity contribution in [3.63, 3.8) is 0 Å². The molecule has 0 atom stereocenters. The highest BCUT2D eigenvalue weighted by Gasteiger charge is 2.10. The van der Waals surface area contributed by atoms with E-state index in [2.05, 4.69) is 38.2 Å². The second kappa shape index (κ2) is 16.0. The summed E-state index contributed by atoms with van der Waals surface area (Å²) in [5.41, 5.74) is 1.24. The summed E-state index contributed by atoms with van der Waals surface area (Å²) in [5, 5.41) is 3.28. The number of hydrogen-bond acceptors (Lipinski definition) is 3. The first-order valence-electron chi connectivity index (χ1n) is 9.91. The molecular weight excluding hydrogens is 348 g/mol. The average molecular weight is 385 g/mol. The van der Waals surface area contributed by atoms with E-state index in [1.54, 1.807) is 0 Å². The standard InChI is InChI=1S/C21H36N2O2.ClH/c1-4-7-8-16-25-20-11-9-10-19(17-20)12-13-22-18-21(24)23(14-5-2)15-6-3;/h9-11,17,22H,4-8,12-16,18H2,1-3H3;1H. The molecule has 0 radical (unpaired) electrons. The Morgan fingerprint density at radius 2 is 1.81 bits per heavy atom. The fourth-order valence-corrected chi connectivity index (χ4v) is 2.77. The molecule has 0 unspecified atom stereocenters. The molecule has 0 fully saturated rings. The van der Waals surface area contributed by atoms with Gasteiger partial charge in [-0.3, -0.25) is 4.79 Å². The molecule has 0 aliphatic rings. The summed E-state index contributed by atoms with van der Waals surface area (Å²) < 4.78 is 5.80. The summed E-state index contributed by atoms with van der Waals surface area (Å²) in [6.07, 6.45) is 6.46. The molecule has 0 bridgehead atoms. The number of ether oxygens (including phenoxy) is 1. The van der Waals surface area contributed by atoms with Gasteiger partial charge in [0.05, 0.1) is 13.2 Å². The normalized spacial score (nSPS) is 10.3. The molecule has 0 aliphatic carbocycles. The van der Waals surface area contributed by atoms with Crippen molar-refractivity contribution in [3.05, 3.63) is 29.8 Å². The third-order valence-electron chi connectivity index (χ3n) is 4.12. The number of hydrogen-bond donors (Lipinski definition) is 1. The largest absolute Gasteiger partial charge is 0.494 e. The Labute approximate surface area is 166 Å². The lowest BCUT2D eigenvalue weighted by molar-refractivity contribution is -0.130. The van der Waals surface area contributed by atoms with E-state index < -0.39 is 0 Å². The van der Waals surface area contributed by atoms with Crippen molar-refractivity contribution in [1.82, 2.24) is 10.2 Å². The molecule has 150 valence electrons. The van der Waals surface area contributed by atoms with Gasteiger partial charge in [0.1, 0.15) is 5.75 Å². The summed E-state index contributed by atoms with van der Waals surface area (Å²) in [7, 11) is 0. The molecule has 4 nitrogen and oxygen atoms in total. The number of unbranched alkanes of at least 4 members (excludes halogenated alkanes) is 2. The minimum atomic E-state index is 0. The minimum Gasteiger partial charge on any atom is -0.494 e. The van der Waals surface area contributed by atoms with Gasteiger partial charge < -0.3 is 15.0 Å². The van der Waals surface area contributed by atoms with E-state index in [4.69, 9.17) is 4.74 Å². The van der Waals surface area contributed by atoms with Crippen LogP contribution >= 0.6 is 12.4 Å². The minimum absolute atomic E-state index is 0. The van der Waals surface area contributed by atoms with Gasteiger partial charge >= 0.3 is 0 Å². The lowest BCUT2D eigenvalue weighted by atomic mass is 10.1. The fourth-order valence-electron chi connectivity index (χ4n) is 2.77. The lowest BCUT2D eigenvalue weighted by Gasteiger charge is -2.21. The molecule has 1 amide bonds. The Morgan fingerprint density at radius 1 is 1.08 bits per heavy atom. The van der Waals surface area contributed by atoms with E-state index in [9.17, 15) is 4.79 Å². The predicted molar refractivity (Wildman–Crippen MR) is 112 cm³/mol. The van der Waals surface area contributed by atoms with Gasteiger partial charge in [-0.2, -0.15) is 0 Å². The van der Waals surface area contributed by atoms with Crippen molar-refractivity contribution in [2.24, 2.45) is 0 Å². The SMILES string of the molecule is CCCCCOc1cccc(CCNCC(=O)N(CCC)CCC)c1.Cl. The molecule has 0 aliphatic heterocycles. The maximum Gasteiger partial charge on any atom is 0.236 e. The van der Waals surface area contributed by atoms with Crippen LogP contribution in [0.2, 0.25) is 0 Å². The van der Waals surface area contributed by atoms with Gasteiger partial charge in [0.2, 0.25) is 5.91 Å². The molecule has 0 saturated carbocycles. The second-order valence-corrected chi connectivity index (χ2v) is 6.51. The summed E-state index contributed by atoms with van der Waals surface area (Å²) in [6, 6.07) is 8.28. The van der Waals surface area contributed by atoms with Crippen LogP contribution in [0.25, 0.3) is 0 Å². The molecular formula is C21H37ClN2O2. The molecule has 1 aromatic rings. The molecule has 0 saturated heterocycles. The monoisotopic (exact) mass is 384 g/mol. The maximum absolute atomic E-state index is 12.2. The van der Waals surface area contributed by atoms with Crippen LogP contribution in [0.1, 0.15) is 58.4 Å². The van der Waals surface area contributed by atoms with E-state index in [0.717, 1.165) is 57.7 Å². The van der Waals surface area contributed by atoms with Crippen LogP contribution in [0.4, 0.5) is 0 Å². The third-order valence-corrected chi connectivity index (χ3v) is 4.12. The zero-order valence-corrected chi connectivity index (χ0v) is 17.6. The van der Waals surface area contributed by atoms with Crippen LogP contribution in [0.15, 0.2) is 24.3 Å². The zero-order chi connectivity index (χ0) is 18.3. The first kappa shape index (κ1) is 24.7. The zero-order valence-electron chi connectivity index (χ0n) is 16.8. The number of carbonyl (C=O) groups is 1. The molecule has 0 spiro atoms. The molecule has 1 aromatic carbocycles. The van der Waals surface area contributed by atoms with Crippen molar-refractivity contribution in [3.8, 4) is 5.75 Å². The highest BCUT2D eigenvalue weighted by Crippen LogP contribution is 2.14. The van der Waals surface area contributed by atoms with E-state index in [1.807, 2.05) is 17.0 Å². The first-order chi connectivity index (χ1) is 12.2. The van der Waals surface area contributed by atoms with Crippen LogP contribution in [0.3, 0.4) is 0 Å². The molecule has 1 rings (SSSR count). The van der Waals surface area contributed by atoms with Crippen molar-refractivity contribution in [2.75, 3.05) is 32.8 Å².